The van der Waals surface area contributed by atoms with E-state index in [1.807, 2.05) is 32.3 Å². The van der Waals surface area contributed by atoms with Gasteiger partial charge in [-0.05, 0) is 50.3 Å². The molecule has 6 heteroatoms. The van der Waals surface area contributed by atoms with Crippen molar-refractivity contribution < 1.29 is 9.15 Å². The number of aromatic nitrogens is 2. The van der Waals surface area contributed by atoms with E-state index >= 15 is 0 Å². The summed E-state index contributed by atoms with van der Waals surface area (Å²) in [7, 11) is 0. The second-order valence-corrected chi connectivity index (χ2v) is 7.36. The predicted octanol–water partition coefficient (Wildman–Crippen LogP) is 2.78. The Morgan fingerprint density at radius 3 is 2.76 bits per heavy atom. The fraction of sp³-hybridized carbons (Fsp3) is 0.579. The van der Waals surface area contributed by atoms with Gasteiger partial charge in [-0.1, -0.05) is 0 Å². The molecule has 1 spiro atoms. The van der Waals surface area contributed by atoms with Crippen LogP contribution in [0.2, 0.25) is 0 Å². The van der Waals surface area contributed by atoms with E-state index < -0.39 is 0 Å². The summed E-state index contributed by atoms with van der Waals surface area (Å²) in [6.45, 7) is 8.62. The first-order chi connectivity index (χ1) is 12.1. The van der Waals surface area contributed by atoms with Gasteiger partial charge in [-0.25, -0.2) is 9.97 Å². The van der Waals surface area contributed by atoms with Gasteiger partial charge in [-0.2, -0.15) is 0 Å². The molecule has 0 radical (unpaired) electrons. The van der Waals surface area contributed by atoms with E-state index in [9.17, 15) is 0 Å². The number of nitrogens with zero attached hydrogens (tertiary/aromatic N) is 3. The molecule has 0 aromatic carbocycles. The highest BCUT2D eigenvalue weighted by atomic mass is 16.5. The third kappa shape index (κ3) is 3.55. The maximum absolute atomic E-state index is 6.15. The molecule has 0 unspecified atom stereocenters. The van der Waals surface area contributed by atoms with Crippen molar-refractivity contribution in [1.29, 1.82) is 0 Å². The summed E-state index contributed by atoms with van der Waals surface area (Å²) in [5.41, 5.74) is 1.12. The summed E-state index contributed by atoms with van der Waals surface area (Å²) in [6.07, 6.45) is 5.92. The number of nitrogens with one attached hydrogen (secondary N) is 1. The molecular weight excluding hydrogens is 316 g/mol. The van der Waals surface area contributed by atoms with Gasteiger partial charge in [-0.15, -0.1) is 0 Å². The number of hydrogen-bond donors (Lipinski definition) is 1. The van der Waals surface area contributed by atoms with Crippen LogP contribution in [-0.2, 0) is 11.3 Å². The van der Waals surface area contributed by atoms with E-state index in [0.29, 0.717) is 11.9 Å². The Morgan fingerprint density at radius 2 is 2.04 bits per heavy atom. The smallest absolute Gasteiger partial charge is 0.222 e. The van der Waals surface area contributed by atoms with Crippen LogP contribution in [0.1, 0.15) is 29.9 Å². The van der Waals surface area contributed by atoms with Crippen molar-refractivity contribution in [2.45, 2.75) is 38.8 Å². The quantitative estimate of drug-likeness (QED) is 0.871. The number of likely N-dealkylation sites (tertiary alicyclic amines) is 1. The molecule has 2 aromatic heterocycles. The Morgan fingerprint density at radius 1 is 1.24 bits per heavy atom. The Balaban J connectivity index is 1.26. The molecule has 6 nitrogen and oxygen atoms in total. The van der Waals surface area contributed by atoms with Gasteiger partial charge < -0.3 is 14.5 Å². The minimum atomic E-state index is 0.0391. The van der Waals surface area contributed by atoms with Crippen molar-refractivity contribution in [3.8, 4) is 0 Å². The highest BCUT2D eigenvalue weighted by Crippen LogP contribution is 2.42. The Bertz CT molecular complexity index is 706. The molecule has 25 heavy (non-hydrogen) atoms. The fourth-order valence-corrected chi connectivity index (χ4v) is 4.00. The Labute approximate surface area is 148 Å². The van der Waals surface area contributed by atoms with Crippen LogP contribution in [-0.4, -0.2) is 46.7 Å². The Kier molecular flexibility index (Phi) is 4.48. The van der Waals surface area contributed by atoms with E-state index in [-0.39, 0.29) is 5.60 Å². The normalized spacial score (nSPS) is 22.2. The van der Waals surface area contributed by atoms with Crippen LogP contribution in [0.5, 0.6) is 0 Å². The van der Waals surface area contributed by atoms with Crippen LogP contribution < -0.4 is 5.32 Å². The summed E-state index contributed by atoms with van der Waals surface area (Å²) in [6, 6.07) is 4.09. The first-order valence-corrected chi connectivity index (χ1v) is 9.07. The maximum Gasteiger partial charge on any atom is 0.222 e. The number of hydrogen-bond acceptors (Lipinski definition) is 6. The first-order valence-electron chi connectivity index (χ1n) is 9.07. The molecule has 1 N–H and O–H groups in total. The molecule has 0 saturated carbocycles. The largest absolute Gasteiger partial charge is 0.465 e. The minimum Gasteiger partial charge on any atom is -0.465 e. The highest BCUT2D eigenvalue weighted by Gasteiger charge is 2.52. The zero-order valence-corrected chi connectivity index (χ0v) is 15.0. The molecule has 2 aromatic rings. The van der Waals surface area contributed by atoms with Gasteiger partial charge in [0.15, 0.2) is 0 Å². The van der Waals surface area contributed by atoms with Crippen LogP contribution in [0.25, 0.3) is 0 Å². The minimum absolute atomic E-state index is 0.0391. The average molecular weight is 342 g/mol. The van der Waals surface area contributed by atoms with Gasteiger partial charge in [-0.3, -0.25) is 4.90 Å². The van der Waals surface area contributed by atoms with Crippen LogP contribution >= 0.6 is 0 Å². The molecule has 2 saturated heterocycles. The maximum atomic E-state index is 6.15. The molecule has 0 amide bonds. The summed E-state index contributed by atoms with van der Waals surface area (Å²) in [5.74, 6) is 3.33. The van der Waals surface area contributed by atoms with Crippen LogP contribution in [0, 0.1) is 19.8 Å². The molecule has 0 bridgehead atoms. The molecule has 2 fully saturated rings. The third-order valence-corrected chi connectivity index (χ3v) is 5.31. The van der Waals surface area contributed by atoms with Gasteiger partial charge in [0.05, 0.1) is 12.1 Å². The first kappa shape index (κ1) is 16.5. The summed E-state index contributed by atoms with van der Waals surface area (Å²) < 4.78 is 11.8. The number of rotatable bonds is 6. The highest BCUT2D eigenvalue weighted by molar-refractivity contribution is 5.24. The molecule has 134 valence electrons. The Hall–Kier alpha value is -1.92. The second kappa shape index (κ2) is 6.77. The zero-order valence-electron chi connectivity index (χ0n) is 15.0. The SMILES string of the molecule is Cc1cnc(NCC[C@H]2CCOC23CN(Cc2ccc(C)o2)C3)nc1. The standard InChI is InChI=1S/C19H26N4O2/c1-14-9-21-18(22-10-14)20-7-5-16-6-8-24-19(16)12-23(13-19)11-17-4-3-15(2)25-17/h3-4,9-10,16H,5-8,11-13H2,1-2H3,(H,20,21,22)/t16-/m0/s1. The van der Waals surface area contributed by atoms with E-state index in [4.69, 9.17) is 9.15 Å². The van der Waals surface area contributed by atoms with Crippen LogP contribution in [0.4, 0.5) is 5.95 Å². The van der Waals surface area contributed by atoms with E-state index in [0.717, 1.165) is 62.7 Å². The monoisotopic (exact) mass is 342 g/mol. The lowest BCUT2D eigenvalue weighted by atomic mass is 9.79. The molecule has 4 heterocycles. The lowest BCUT2D eigenvalue weighted by molar-refractivity contribution is -0.137. The fourth-order valence-electron chi connectivity index (χ4n) is 4.00. The van der Waals surface area contributed by atoms with Gasteiger partial charge >= 0.3 is 0 Å². The molecule has 2 aliphatic rings. The van der Waals surface area contributed by atoms with Crippen LogP contribution in [0.15, 0.2) is 28.9 Å². The topological polar surface area (TPSA) is 63.4 Å². The van der Waals surface area contributed by atoms with Crippen molar-refractivity contribution in [2.75, 3.05) is 31.6 Å². The van der Waals surface area contributed by atoms with Crippen molar-refractivity contribution >= 4 is 5.95 Å². The molecule has 2 aliphatic heterocycles. The number of ether oxygens (including phenoxy) is 1. The van der Waals surface area contributed by atoms with Gasteiger partial charge in [0.2, 0.25) is 5.95 Å². The lowest BCUT2D eigenvalue weighted by Crippen LogP contribution is -2.64. The average Bonchev–Trinajstić information content (AvgIpc) is 3.16. The number of furan rings is 1. The summed E-state index contributed by atoms with van der Waals surface area (Å²) in [5, 5.41) is 3.33. The van der Waals surface area contributed by atoms with E-state index in [1.165, 1.54) is 0 Å². The van der Waals surface area contributed by atoms with E-state index in [2.05, 4.69) is 26.3 Å². The molecule has 4 rings (SSSR count). The van der Waals surface area contributed by atoms with Crippen molar-refractivity contribution in [1.82, 2.24) is 14.9 Å². The second-order valence-electron chi connectivity index (χ2n) is 7.36. The summed E-state index contributed by atoms with van der Waals surface area (Å²) in [4.78, 5) is 11.0. The number of aryl methyl sites for hydroxylation is 2. The molecular formula is C19H26N4O2. The summed E-state index contributed by atoms with van der Waals surface area (Å²) >= 11 is 0. The lowest BCUT2D eigenvalue weighted by Gasteiger charge is -2.50. The van der Waals surface area contributed by atoms with E-state index in [1.54, 1.807) is 0 Å². The zero-order chi connectivity index (χ0) is 17.3. The molecule has 0 aliphatic carbocycles. The van der Waals surface area contributed by atoms with Crippen molar-refractivity contribution in [3.05, 3.63) is 41.6 Å². The third-order valence-electron chi connectivity index (χ3n) is 5.31. The van der Waals surface area contributed by atoms with Gasteiger partial charge in [0, 0.05) is 38.6 Å². The molecule has 1 atom stereocenters. The van der Waals surface area contributed by atoms with Crippen LogP contribution in [0.3, 0.4) is 0 Å². The predicted molar refractivity (Wildman–Crippen MR) is 95.4 cm³/mol. The van der Waals surface area contributed by atoms with Crippen molar-refractivity contribution in [3.63, 3.8) is 0 Å². The van der Waals surface area contributed by atoms with Gasteiger partial charge in [0.25, 0.3) is 0 Å². The van der Waals surface area contributed by atoms with Gasteiger partial charge in [0.1, 0.15) is 11.5 Å². The van der Waals surface area contributed by atoms with Crippen molar-refractivity contribution in [2.24, 2.45) is 5.92 Å². The number of anilines is 1.